The molecule has 1 amide bonds. The topological polar surface area (TPSA) is 88.9 Å². The Hall–Kier alpha value is -2.90. The van der Waals surface area contributed by atoms with E-state index in [1.165, 1.54) is 5.69 Å². The normalized spacial score (nSPS) is 21.3. The number of nitrogens with zero attached hydrogens (tertiary/aromatic N) is 5. The van der Waals surface area contributed by atoms with E-state index in [0.717, 1.165) is 53.9 Å². The van der Waals surface area contributed by atoms with Crippen LogP contribution in [0.4, 0.5) is 4.79 Å². The van der Waals surface area contributed by atoms with Crippen LogP contribution in [0.3, 0.4) is 0 Å². The highest BCUT2D eigenvalue weighted by Gasteiger charge is 2.47. The molecule has 152 valence electrons. The Labute approximate surface area is 169 Å². The van der Waals surface area contributed by atoms with Crippen molar-refractivity contribution in [1.29, 1.82) is 0 Å². The third kappa shape index (κ3) is 2.97. The number of H-pyrrole nitrogens is 1. The lowest BCUT2D eigenvalue weighted by Crippen LogP contribution is -2.37. The van der Waals surface area contributed by atoms with Crippen molar-refractivity contribution in [2.45, 2.75) is 58.1 Å². The third-order valence-electron chi connectivity index (χ3n) is 6.03. The van der Waals surface area contributed by atoms with Gasteiger partial charge in [-0.25, -0.2) is 9.78 Å². The summed E-state index contributed by atoms with van der Waals surface area (Å²) in [5.41, 5.74) is 4.33. The summed E-state index contributed by atoms with van der Waals surface area (Å²) in [4.78, 5) is 18.9. The molecule has 3 aromatic heterocycles. The Kier molecular flexibility index (Phi) is 3.78. The maximum Gasteiger partial charge on any atom is 0.410 e. The zero-order valence-corrected chi connectivity index (χ0v) is 17.3. The van der Waals surface area contributed by atoms with Crippen molar-refractivity contribution in [2.75, 3.05) is 13.1 Å². The summed E-state index contributed by atoms with van der Waals surface area (Å²) in [6.07, 6.45) is 3.56. The molecule has 0 bridgehead atoms. The molecule has 29 heavy (non-hydrogen) atoms. The first kappa shape index (κ1) is 18.1. The molecule has 1 spiro atoms. The number of hydrogen-bond donors (Lipinski definition) is 1. The molecule has 1 unspecified atom stereocenters. The monoisotopic (exact) mass is 394 g/mol. The molecule has 0 aromatic carbocycles. The number of aromatic amines is 1. The molecule has 5 rings (SSSR count). The molecule has 8 heteroatoms. The largest absolute Gasteiger partial charge is 0.444 e. The number of hydrogen-bond acceptors (Lipinski definition) is 5. The van der Waals surface area contributed by atoms with Gasteiger partial charge in [0.15, 0.2) is 5.65 Å². The van der Waals surface area contributed by atoms with Crippen molar-refractivity contribution in [2.24, 2.45) is 0 Å². The van der Waals surface area contributed by atoms with Crippen LogP contribution in [-0.2, 0) is 16.7 Å². The van der Waals surface area contributed by atoms with Gasteiger partial charge in [0.25, 0.3) is 0 Å². The molecule has 1 fully saturated rings. The van der Waals surface area contributed by atoms with E-state index in [-0.39, 0.29) is 11.5 Å². The van der Waals surface area contributed by atoms with Crippen LogP contribution in [0, 0.1) is 6.92 Å². The van der Waals surface area contributed by atoms with E-state index in [4.69, 9.17) is 9.84 Å². The maximum atomic E-state index is 12.5. The van der Waals surface area contributed by atoms with Crippen molar-refractivity contribution in [3.63, 3.8) is 0 Å². The van der Waals surface area contributed by atoms with Crippen LogP contribution in [0.5, 0.6) is 0 Å². The van der Waals surface area contributed by atoms with Crippen molar-refractivity contribution in [3.8, 4) is 11.3 Å². The first-order chi connectivity index (χ1) is 13.7. The SMILES string of the molecule is Cc1n[nH]c2ncc(-c3cc4n(n3)CCC43CCN(C(=O)OC(C)(C)C)C3)cc12. The lowest BCUT2D eigenvalue weighted by Gasteiger charge is -2.26. The van der Waals surface area contributed by atoms with Crippen molar-refractivity contribution in [1.82, 2.24) is 29.9 Å². The zero-order valence-electron chi connectivity index (χ0n) is 17.3. The summed E-state index contributed by atoms with van der Waals surface area (Å²) in [6.45, 7) is 9.96. The van der Waals surface area contributed by atoms with Gasteiger partial charge in [0.05, 0.1) is 11.4 Å². The van der Waals surface area contributed by atoms with Gasteiger partial charge in [-0.2, -0.15) is 10.2 Å². The molecule has 1 saturated heterocycles. The Balaban J connectivity index is 1.43. The lowest BCUT2D eigenvalue weighted by atomic mass is 9.82. The van der Waals surface area contributed by atoms with E-state index in [1.807, 2.05) is 38.8 Å². The number of rotatable bonds is 1. The molecule has 2 aliphatic heterocycles. The van der Waals surface area contributed by atoms with E-state index in [0.29, 0.717) is 6.54 Å². The fourth-order valence-electron chi connectivity index (χ4n) is 4.54. The Morgan fingerprint density at radius 2 is 2.03 bits per heavy atom. The molecule has 3 aromatic rings. The number of nitrogens with one attached hydrogen (secondary N) is 1. The Morgan fingerprint density at radius 3 is 2.83 bits per heavy atom. The van der Waals surface area contributed by atoms with Crippen molar-refractivity contribution in [3.05, 3.63) is 29.7 Å². The van der Waals surface area contributed by atoms with Crippen LogP contribution >= 0.6 is 0 Å². The standard InChI is InChI=1S/C21H26N6O2/c1-13-15-9-14(11-22-18(15)24-23-13)16-10-17-21(6-8-27(17)25-16)5-7-26(12-21)19(28)29-20(2,3)4/h9-11H,5-8,12H2,1-4H3,(H,22,23,24). The fourth-order valence-corrected chi connectivity index (χ4v) is 4.54. The van der Waals surface area contributed by atoms with Gasteiger partial charge >= 0.3 is 6.09 Å². The van der Waals surface area contributed by atoms with Crippen LogP contribution in [0.1, 0.15) is 45.0 Å². The van der Waals surface area contributed by atoms with Gasteiger partial charge in [-0.3, -0.25) is 9.78 Å². The van der Waals surface area contributed by atoms with Crippen molar-refractivity contribution >= 4 is 17.1 Å². The quantitative estimate of drug-likeness (QED) is 0.683. The highest BCUT2D eigenvalue weighted by atomic mass is 16.6. The lowest BCUT2D eigenvalue weighted by molar-refractivity contribution is 0.0284. The minimum absolute atomic E-state index is 0.0365. The number of likely N-dealkylation sites (tertiary alicyclic amines) is 1. The molecule has 0 aliphatic carbocycles. The third-order valence-corrected chi connectivity index (χ3v) is 6.03. The molecule has 8 nitrogen and oxygen atoms in total. The minimum atomic E-state index is -0.478. The summed E-state index contributed by atoms with van der Waals surface area (Å²) in [5, 5.41) is 13.0. The molecule has 2 aliphatic rings. The fraction of sp³-hybridized carbons (Fsp3) is 0.524. The molecule has 1 N–H and O–H groups in total. The predicted molar refractivity (Wildman–Crippen MR) is 109 cm³/mol. The number of aromatic nitrogens is 5. The second kappa shape index (κ2) is 6.05. The number of carbonyl (C=O) groups excluding carboxylic acids is 1. The highest BCUT2D eigenvalue weighted by molar-refractivity contribution is 5.82. The number of amides is 1. The number of aryl methyl sites for hydroxylation is 2. The van der Waals surface area contributed by atoms with Gasteiger partial charge < -0.3 is 9.64 Å². The van der Waals surface area contributed by atoms with Crippen LogP contribution in [0.15, 0.2) is 18.3 Å². The predicted octanol–water partition coefficient (Wildman–Crippen LogP) is 3.41. The van der Waals surface area contributed by atoms with E-state index in [1.54, 1.807) is 0 Å². The van der Waals surface area contributed by atoms with Crippen LogP contribution in [0.25, 0.3) is 22.3 Å². The van der Waals surface area contributed by atoms with Gasteiger partial charge in [-0.15, -0.1) is 0 Å². The maximum absolute atomic E-state index is 12.5. The second-order valence-corrected chi connectivity index (χ2v) is 9.25. The van der Waals surface area contributed by atoms with E-state index in [9.17, 15) is 4.79 Å². The number of carbonyl (C=O) groups is 1. The smallest absolute Gasteiger partial charge is 0.410 e. The molecule has 0 radical (unpaired) electrons. The summed E-state index contributed by atoms with van der Waals surface area (Å²) >= 11 is 0. The van der Waals surface area contributed by atoms with Gasteiger partial charge in [0.2, 0.25) is 0 Å². The van der Waals surface area contributed by atoms with Gasteiger partial charge in [0.1, 0.15) is 5.60 Å². The molecular weight excluding hydrogens is 368 g/mol. The van der Waals surface area contributed by atoms with E-state index < -0.39 is 5.60 Å². The summed E-state index contributed by atoms with van der Waals surface area (Å²) < 4.78 is 7.68. The van der Waals surface area contributed by atoms with Crippen LogP contribution < -0.4 is 0 Å². The van der Waals surface area contributed by atoms with E-state index >= 15 is 0 Å². The number of ether oxygens (including phenoxy) is 1. The van der Waals surface area contributed by atoms with Crippen LogP contribution in [-0.4, -0.2) is 54.6 Å². The average molecular weight is 394 g/mol. The van der Waals surface area contributed by atoms with Crippen LogP contribution in [0.2, 0.25) is 0 Å². The average Bonchev–Trinajstić information content (AvgIpc) is 3.40. The van der Waals surface area contributed by atoms with Crippen molar-refractivity contribution < 1.29 is 9.53 Å². The van der Waals surface area contributed by atoms with Gasteiger partial charge in [-0.05, 0) is 52.7 Å². The van der Waals surface area contributed by atoms with Gasteiger partial charge in [-0.1, -0.05) is 0 Å². The highest BCUT2D eigenvalue weighted by Crippen LogP contribution is 2.44. The summed E-state index contributed by atoms with van der Waals surface area (Å²) in [6, 6.07) is 4.26. The van der Waals surface area contributed by atoms with Gasteiger partial charge in [0, 0.05) is 47.9 Å². The zero-order chi connectivity index (χ0) is 20.4. The minimum Gasteiger partial charge on any atom is -0.444 e. The molecular formula is C21H26N6O2. The Bertz CT molecular complexity index is 1110. The van der Waals surface area contributed by atoms with E-state index in [2.05, 4.69) is 32.0 Å². The molecule has 1 atom stereocenters. The summed E-state index contributed by atoms with van der Waals surface area (Å²) in [5.74, 6) is 0. The Morgan fingerprint density at radius 1 is 1.24 bits per heavy atom. The summed E-state index contributed by atoms with van der Waals surface area (Å²) in [7, 11) is 0. The number of fused-ring (bicyclic) bond motifs is 3. The number of pyridine rings is 1. The first-order valence-electron chi connectivity index (χ1n) is 10.1. The molecule has 5 heterocycles. The first-order valence-corrected chi connectivity index (χ1v) is 10.1. The molecule has 0 saturated carbocycles. The second-order valence-electron chi connectivity index (χ2n) is 9.25.